The molecule has 2 amide bonds. The topological polar surface area (TPSA) is 67.2 Å². The molecule has 1 aliphatic heterocycles. The molecule has 0 aromatic carbocycles. The van der Waals surface area contributed by atoms with E-state index in [-0.39, 0.29) is 24.3 Å². The van der Waals surface area contributed by atoms with Gasteiger partial charge in [-0.05, 0) is 13.3 Å². The summed E-state index contributed by atoms with van der Waals surface area (Å²) in [7, 11) is 1.85. The lowest BCUT2D eigenvalue weighted by Crippen LogP contribution is -2.42. The molecule has 19 heavy (non-hydrogen) atoms. The summed E-state index contributed by atoms with van der Waals surface area (Å²) in [5.41, 5.74) is 1.00. The highest BCUT2D eigenvalue weighted by molar-refractivity contribution is 6.05. The van der Waals surface area contributed by atoms with E-state index in [2.05, 4.69) is 10.4 Å². The summed E-state index contributed by atoms with van der Waals surface area (Å²) in [4.78, 5) is 25.4. The lowest BCUT2D eigenvalue weighted by Gasteiger charge is -2.21. The summed E-state index contributed by atoms with van der Waals surface area (Å²) in [5.74, 6) is -0.189. The van der Waals surface area contributed by atoms with Crippen LogP contribution in [0.1, 0.15) is 32.3 Å². The first-order chi connectivity index (χ1) is 9.02. The SMILES string of the molecule is CCC(C)N1C(=O)CC(NCc2cnn(C)c2)C1=O. The molecule has 1 aromatic heterocycles. The monoisotopic (exact) mass is 264 g/mol. The molecule has 1 saturated heterocycles. The molecule has 0 spiro atoms. The van der Waals surface area contributed by atoms with E-state index in [0.29, 0.717) is 6.54 Å². The number of nitrogens with one attached hydrogen (secondary N) is 1. The van der Waals surface area contributed by atoms with Gasteiger partial charge in [0.05, 0.1) is 18.7 Å². The van der Waals surface area contributed by atoms with E-state index in [1.165, 1.54) is 4.90 Å². The minimum Gasteiger partial charge on any atom is -0.301 e. The first kappa shape index (κ1) is 13.7. The van der Waals surface area contributed by atoms with Crippen LogP contribution in [0, 0.1) is 0 Å². The Kier molecular flexibility index (Phi) is 3.99. The van der Waals surface area contributed by atoms with E-state index in [9.17, 15) is 9.59 Å². The molecule has 0 radical (unpaired) electrons. The Labute approximate surface area is 112 Å². The van der Waals surface area contributed by atoms with Crippen molar-refractivity contribution < 1.29 is 9.59 Å². The number of hydrogen-bond donors (Lipinski definition) is 1. The van der Waals surface area contributed by atoms with Crippen LogP contribution < -0.4 is 5.32 Å². The Bertz CT molecular complexity index is 483. The van der Waals surface area contributed by atoms with Gasteiger partial charge in [-0.15, -0.1) is 0 Å². The molecule has 2 rings (SSSR count). The Morgan fingerprint density at radius 3 is 2.84 bits per heavy atom. The summed E-state index contributed by atoms with van der Waals surface area (Å²) < 4.78 is 1.71. The molecule has 1 N–H and O–H groups in total. The lowest BCUT2D eigenvalue weighted by molar-refractivity contribution is -0.141. The predicted molar refractivity (Wildman–Crippen MR) is 70.1 cm³/mol. The fourth-order valence-electron chi connectivity index (χ4n) is 2.26. The highest BCUT2D eigenvalue weighted by Gasteiger charge is 2.40. The number of carbonyl (C=O) groups excluding carboxylic acids is 2. The number of imide groups is 1. The number of likely N-dealkylation sites (tertiary alicyclic amines) is 1. The van der Waals surface area contributed by atoms with E-state index in [1.54, 1.807) is 10.9 Å². The van der Waals surface area contributed by atoms with Crippen molar-refractivity contribution in [1.82, 2.24) is 20.0 Å². The third kappa shape index (κ3) is 2.84. The van der Waals surface area contributed by atoms with Crippen molar-refractivity contribution in [2.45, 2.75) is 45.3 Å². The van der Waals surface area contributed by atoms with Crippen LogP contribution in [0.5, 0.6) is 0 Å². The standard InChI is InChI=1S/C13H20N4O2/c1-4-9(2)17-12(18)5-11(13(17)19)14-6-10-7-15-16(3)8-10/h7-9,11,14H,4-6H2,1-3H3. The van der Waals surface area contributed by atoms with Crippen LogP contribution in [0.2, 0.25) is 0 Å². The molecule has 1 fully saturated rings. The second kappa shape index (κ2) is 5.52. The molecule has 0 saturated carbocycles. The van der Waals surface area contributed by atoms with Gasteiger partial charge < -0.3 is 5.32 Å². The van der Waals surface area contributed by atoms with Gasteiger partial charge in [0.1, 0.15) is 0 Å². The number of aromatic nitrogens is 2. The maximum absolute atomic E-state index is 12.2. The molecule has 2 unspecified atom stereocenters. The van der Waals surface area contributed by atoms with Gasteiger partial charge in [-0.2, -0.15) is 5.10 Å². The van der Waals surface area contributed by atoms with Crippen LogP contribution in [0.15, 0.2) is 12.4 Å². The minimum atomic E-state index is -0.401. The van der Waals surface area contributed by atoms with Crippen molar-refractivity contribution in [3.63, 3.8) is 0 Å². The van der Waals surface area contributed by atoms with E-state index in [4.69, 9.17) is 0 Å². The fourth-order valence-corrected chi connectivity index (χ4v) is 2.26. The van der Waals surface area contributed by atoms with Gasteiger partial charge in [0.15, 0.2) is 0 Å². The summed E-state index contributed by atoms with van der Waals surface area (Å²) in [6.45, 7) is 4.42. The average Bonchev–Trinajstić information content (AvgIpc) is 2.90. The second-order valence-corrected chi connectivity index (χ2v) is 5.02. The average molecular weight is 264 g/mol. The first-order valence-corrected chi connectivity index (χ1v) is 6.59. The minimum absolute atomic E-state index is 0.0230. The summed E-state index contributed by atoms with van der Waals surface area (Å²) in [6.07, 6.45) is 4.68. The van der Waals surface area contributed by atoms with Gasteiger partial charge in [-0.1, -0.05) is 6.92 Å². The summed E-state index contributed by atoms with van der Waals surface area (Å²) >= 11 is 0. The number of aryl methyl sites for hydroxylation is 1. The number of nitrogens with zero attached hydrogens (tertiary/aromatic N) is 3. The molecule has 6 heteroatoms. The molecule has 6 nitrogen and oxygen atoms in total. The van der Waals surface area contributed by atoms with Gasteiger partial charge in [0, 0.05) is 31.4 Å². The molecule has 2 atom stereocenters. The predicted octanol–water partition coefficient (Wildman–Crippen LogP) is 0.436. The summed E-state index contributed by atoms with van der Waals surface area (Å²) in [5, 5.41) is 7.20. The highest BCUT2D eigenvalue weighted by Crippen LogP contribution is 2.18. The number of hydrogen-bond acceptors (Lipinski definition) is 4. The van der Waals surface area contributed by atoms with Gasteiger partial charge in [-0.25, -0.2) is 0 Å². The fraction of sp³-hybridized carbons (Fsp3) is 0.615. The maximum Gasteiger partial charge on any atom is 0.247 e. The van der Waals surface area contributed by atoms with Crippen molar-refractivity contribution in [2.75, 3.05) is 0 Å². The van der Waals surface area contributed by atoms with E-state index in [1.807, 2.05) is 27.1 Å². The van der Waals surface area contributed by atoms with Crippen LogP contribution in [-0.4, -0.2) is 38.6 Å². The quantitative estimate of drug-likeness (QED) is 0.783. The van der Waals surface area contributed by atoms with Gasteiger partial charge in [0.25, 0.3) is 0 Å². The number of rotatable bonds is 5. The zero-order valence-electron chi connectivity index (χ0n) is 11.6. The zero-order chi connectivity index (χ0) is 14.0. The van der Waals surface area contributed by atoms with Crippen molar-refractivity contribution >= 4 is 11.8 Å². The summed E-state index contributed by atoms with van der Waals surface area (Å²) in [6, 6.07) is -0.424. The van der Waals surface area contributed by atoms with Crippen LogP contribution in [0.25, 0.3) is 0 Å². The van der Waals surface area contributed by atoms with E-state index in [0.717, 1.165) is 12.0 Å². The van der Waals surface area contributed by atoms with Crippen LogP contribution >= 0.6 is 0 Å². The molecule has 2 heterocycles. The second-order valence-electron chi connectivity index (χ2n) is 5.02. The lowest BCUT2D eigenvalue weighted by atomic mass is 10.2. The highest BCUT2D eigenvalue weighted by atomic mass is 16.2. The van der Waals surface area contributed by atoms with Crippen LogP contribution in [0.3, 0.4) is 0 Å². The largest absolute Gasteiger partial charge is 0.301 e. The molecular formula is C13H20N4O2. The van der Waals surface area contributed by atoms with Gasteiger partial charge in [0.2, 0.25) is 11.8 Å². The zero-order valence-corrected chi connectivity index (χ0v) is 11.6. The number of carbonyl (C=O) groups is 2. The Hall–Kier alpha value is -1.69. The molecule has 0 bridgehead atoms. The molecule has 0 aliphatic carbocycles. The normalized spacial score (nSPS) is 21.2. The van der Waals surface area contributed by atoms with Gasteiger partial charge >= 0.3 is 0 Å². The van der Waals surface area contributed by atoms with Crippen LogP contribution in [-0.2, 0) is 23.2 Å². The Balaban J connectivity index is 1.95. The smallest absolute Gasteiger partial charge is 0.247 e. The Morgan fingerprint density at radius 2 is 2.26 bits per heavy atom. The van der Waals surface area contributed by atoms with Crippen molar-refractivity contribution in [1.29, 1.82) is 0 Å². The van der Waals surface area contributed by atoms with Crippen LogP contribution in [0.4, 0.5) is 0 Å². The van der Waals surface area contributed by atoms with Crippen molar-refractivity contribution in [3.05, 3.63) is 18.0 Å². The van der Waals surface area contributed by atoms with Crippen molar-refractivity contribution in [2.24, 2.45) is 7.05 Å². The van der Waals surface area contributed by atoms with Gasteiger partial charge in [-0.3, -0.25) is 19.2 Å². The van der Waals surface area contributed by atoms with E-state index < -0.39 is 6.04 Å². The third-order valence-corrected chi connectivity index (χ3v) is 3.53. The maximum atomic E-state index is 12.2. The molecular weight excluding hydrogens is 244 g/mol. The molecule has 104 valence electrons. The number of amides is 2. The molecule has 1 aliphatic rings. The molecule has 1 aromatic rings. The Morgan fingerprint density at radius 1 is 1.53 bits per heavy atom. The van der Waals surface area contributed by atoms with E-state index >= 15 is 0 Å². The van der Waals surface area contributed by atoms with Crippen molar-refractivity contribution in [3.8, 4) is 0 Å². The first-order valence-electron chi connectivity index (χ1n) is 6.59. The third-order valence-electron chi connectivity index (χ3n) is 3.53.